The van der Waals surface area contributed by atoms with Crippen LogP contribution in [0.3, 0.4) is 0 Å². The Morgan fingerprint density at radius 3 is 2.37 bits per heavy atom. The van der Waals surface area contributed by atoms with Gasteiger partial charge in [0.2, 0.25) is 0 Å². The number of rotatable bonds is 6. The van der Waals surface area contributed by atoms with Gasteiger partial charge in [0.05, 0.1) is 11.3 Å². The molecular weight excluding hydrogens is 260 g/mol. The molecule has 0 spiro atoms. The largest absolute Gasteiger partial charge is 0.416 e. The van der Waals surface area contributed by atoms with Crippen molar-refractivity contribution in [2.24, 2.45) is 5.73 Å². The molecule has 0 aromatic heterocycles. The Morgan fingerprint density at radius 1 is 1.16 bits per heavy atom. The molecular formula is C13H18F4N2. The predicted molar refractivity (Wildman–Crippen MR) is 67.6 cm³/mol. The average molecular weight is 278 g/mol. The molecule has 108 valence electrons. The van der Waals surface area contributed by atoms with E-state index in [2.05, 4.69) is 0 Å². The number of anilines is 1. The Bertz CT molecular complexity index is 404. The van der Waals surface area contributed by atoms with Gasteiger partial charge in [-0.15, -0.1) is 0 Å². The third-order valence-corrected chi connectivity index (χ3v) is 2.88. The summed E-state index contributed by atoms with van der Waals surface area (Å²) in [6.45, 7) is 1.20. The Labute approximate surface area is 110 Å². The van der Waals surface area contributed by atoms with E-state index in [1.165, 1.54) is 6.07 Å². The molecule has 0 atom stereocenters. The van der Waals surface area contributed by atoms with Crippen LogP contribution in [0.1, 0.15) is 24.8 Å². The minimum absolute atomic E-state index is 0.181. The maximum atomic E-state index is 13.6. The van der Waals surface area contributed by atoms with Crippen molar-refractivity contribution in [1.82, 2.24) is 0 Å². The van der Waals surface area contributed by atoms with Gasteiger partial charge in [0.15, 0.2) is 0 Å². The Hall–Kier alpha value is -1.30. The van der Waals surface area contributed by atoms with Crippen LogP contribution >= 0.6 is 0 Å². The van der Waals surface area contributed by atoms with Gasteiger partial charge < -0.3 is 10.6 Å². The van der Waals surface area contributed by atoms with Crippen molar-refractivity contribution in [2.45, 2.75) is 25.4 Å². The molecule has 19 heavy (non-hydrogen) atoms. The molecule has 0 aliphatic carbocycles. The summed E-state index contributed by atoms with van der Waals surface area (Å²) >= 11 is 0. The number of alkyl halides is 3. The van der Waals surface area contributed by atoms with Crippen molar-refractivity contribution in [2.75, 3.05) is 25.0 Å². The molecule has 2 nitrogen and oxygen atoms in total. The monoisotopic (exact) mass is 278 g/mol. The molecule has 1 aromatic carbocycles. The van der Waals surface area contributed by atoms with E-state index in [0.29, 0.717) is 19.2 Å². The van der Waals surface area contributed by atoms with E-state index < -0.39 is 17.6 Å². The van der Waals surface area contributed by atoms with Crippen LogP contribution in [-0.2, 0) is 6.18 Å². The fourth-order valence-corrected chi connectivity index (χ4v) is 1.78. The molecule has 6 heteroatoms. The second-order valence-corrected chi connectivity index (χ2v) is 4.43. The van der Waals surface area contributed by atoms with Crippen LogP contribution < -0.4 is 10.6 Å². The quantitative estimate of drug-likeness (QED) is 0.638. The van der Waals surface area contributed by atoms with Crippen LogP contribution in [0.5, 0.6) is 0 Å². The van der Waals surface area contributed by atoms with Gasteiger partial charge in [0.25, 0.3) is 0 Å². The van der Waals surface area contributed by atoms with Gasteiger partial charge in [-0.25, -0.2) is 4.39 Å². The molecule has 0 amide bonds. The Balaban J connectivity index is 2.68. The number of nitrogens with two attached hydrogens (primary N) is 1. The molecule has 1 aromatic rings. The van der Waals surface area contributed by atoms with Gasteiger partial charge in [0, 0.05) is 13.6 Å². The van der Waals surface area contributed by atoms with Crippen LogP contribution in [0.2, 0.25) is 0 Å². The maximum Gasteiger partial charge on any atom is 0.416 e. The summed E-state index contributed by atoms with van der Waals surface area (Å²) in [4.78, 5) is 1.62. The zero-order chi connectivity index (χ0) is 14.5. The molecule has 0 aliphatic rings. The molecule has 0 aliphatic heterocycles. The van der Waals surface area contributed by atoms with Gasteiger partial charge in [-0.3, -0.25) is 0 Å². The van der Waals surface area contributed by atoms with Crippen LogP contribution in [0.4, 0.5) is 23.2 Å². The van der Waals surface area contributed by atoms with E-state index in [1.54, 1.807) is 11.9 Å². The summed E-state index contributed by atoms with van der Waals surface area (Å²) < 4.78 is 50.8. The molecule has 0 bridgehead atoms. The van der Waals surface area contributed by atoms with E-state index in [-0.39, 0.29) is 5.69 Å². The van der Waals surface area contributed by atoms with Crippen molar-refractivity contribution in [3.63, 3.8) is 0 Å². The van der Waals surface area contributed by atoms with Crippen molar-refractivity contribution >= 4 is 5.69 Å². The maximum absolute atomic E-state index is 13.6. The second kappa shape index (κ2) is 6.75. The summed E-state index contributed by atoms with van der Waals surface area (Å²) in [5.41, 5.74) is 4.57. The van der Waals surface area contributed by atoms with Gasteiger partial charge in [0.1, 0.15) is 5.82 Å². The molecule has 0 heterocycles. The van der Waals surface area contributed by atoms with Crippen molar-refractivity contribution in [1.29, 1.82) is 0 Å². The lowest BCUT2D eigenvalue weighted by Gasteiger charge is -2.20. The number of benzene rings is 1. The first-order valence-electron chi connectivity index (χ1n) is 6.14. The van der Waals surface area contributed by atoms with E-state index in [9.17, 15) is 17.6 Å². The molecule has 0 saturated carbocycles. The predicted octanol–water partition coefficient (Wildman–Crippen LogP) is 3.41. The highest BCUT2D eigenvalue weighted by atomic mass is 19.4. The highest BCUT2D eigenvalue weighted by Gasteiger charge is 2.31. The smallest absolute Gasteiger partial charge is 0.372 e. The molecule has 0 unspecified atom stereocenters. The number of hydrogen-bond donors (Lipinski definition) is 1. The molecule has 2 N–H and O–H groups in total. The average Bonchev–Trinajstić information content (AvgIpc) is 2.33. The van der Waals surface area contributed by atoms with Crippen LogP contribution in [0.15, 0.2) is 18.2 Å². The summed E-state index contributed by atoms with van der Waals surface area (Å²) in [6.07, 6.45) is -1.88. The summed E-state index contributed by atoms with van der Waals surface area (Å²) in [6, 6.07) is 2.60. The highest BCUT2D eigenvalue weighted by molar-refractivity contribution is 5.48. The second-order valence-electron chi connectivity index (χ2n) is 4.43. The lowest BCUT2D eigenvalue weighted by atomic mass is 10.1. The summed E-state index contributed by atoms with van der Waals surface area (Å²) in [7, 11) is 1.66. The topological polar surface area (TPSA) is 29.3 Å². The third kappa shape index (κ3) is 4.70. The first-order chi connectivity index (χ1) is 8.86. The van der Waals surface area contributed by atoms with Gasteiger partial charge in [-0.05, 0) is 37.6 Å². The lowest BCUT2D eigenvalue weighted by Crippen LogP contribution is -2.20. The highest BCUT2D eigenvalue weighted by Crippen LogP contribution is 2.32. The van der Waals surface area contributed by atoms with Gasteiger partial charge in [-0.2, -0.15) is 13.2 Å². The number of hydrogen-bond acceptors (Lipinski definition) is 2. The summed E-state index contributed by atoms with van der Waals surface area (Å²) in [5, 5.41) is 0. The lowest BCUT2D eigenvalue weighted by molar-refractivity contribution is -0.137. The molecule has 0 fully saturated rings. The standard InChI is InChI=1S/C13H18F4N2/c1-19(8-4-2-3-7-18)12-6-5-10(9-11(12)14)13(15,16)17/h5-6,9H,2-4,7-8,18H2,1H3. The van der Waals surface area contributed by atoms with E-state index >= 15 is 0 Å². The Kier molecular flexibility index (Phi) is 5.60. The number of halogens is 4. The van der Waals surface area contributed by atoms with Gasteiger partial charge >= 0.3 is 6.18 Å². The molecule has 0 radical (unpaired) electrons. The Morgan fingerprint density at radius 2 is 1.84 bits per heavy atom. The number of unbranched alkanes of at least 4 members (excludes halogenated alkanes) is 2. The van der Waals surface area contributed by atoms with Crippen LogP contribution in [0.25, 0.3) is 0 Å². The summed E-state index contributed by atoms with van der Waals surface area (Å²) in [5.74, 6) is -0.851. The molecule has 1 rings (SSSR count). The minimum atomic E-state index is -4.51. The zero-order valence-corrected chi connectivity index (χ0v) is 10.8. The normalized spacial score (nSPS) is 11.7. The molecule has 0 saturated heterocycles. The SMILES string of the molecule is CN(CCCCCN)c1ccc(C(F)(F)F)cc1F. The van der Waals surface area contributed by atoms with Gasteiger partial charge in [-0.1, -0.05) is 6.42 Å². The van der Waals surface area contributed by atoms with E-state index in [4.69, 9.17) is 5.73 Å². The number of nitrogens with zero attached hydrogens (tertiary/aromatic N) is 1. The van der Waals surface area contributed by atoms with Crippen molar-refractivity contribution in [3.05, 3.63) is 29.6 Å². The first kappa shape index (κ1) is 15.8. The van der Waals surface area contributed by atoms with E-state index in [0.717, 1.165) is 25.3 Å². The van der Waals surface area contributed by atoms with Crippen LogP contribution in [-0.4, -0.2) is 20.1 Å². The van der Waals surface area contributed by atoms with E-state index in [1.807, 2.05) is 0 Å². The third-order valence-electron chi connectivity index (χ3n) is 2.88. The fraction of sp³-hybridized carbons (Fsp3) is 0.538. The first-order valence-corrected chi connectivity index (χ1v) is 6.14. The van der Waals surface area contributed by atoms with Crippen molar-refractivity contribution in [3.8, 4) is 0 Å². The minimum Gasteiger partial charge on any atom is -0.372 e. The zero-order valence-electron chi connectivity index (χ0n) is 10.8. The fourth-order valence-electron chi connectivity index (χ4n) is 1.78. The van der Waals surface area contributed by atoms with Crippen LogP contribution in [0, 0.1) is 5.82 Å². The van der Waals surface area contributed by atoms with Crippen molar-refractivity contribution < 1.29 is 17.6 Å².